The molecule has 0 radical (unpaired) electrons. The van der Waals surface area contributed by atoms with Crippen LogP contribution in [0.3, 0.4) is 0 Å². The lowest BCUT2D eigenvalue weighted by Gasteiger charge is -2.18. The molecular formula is C17H29N5O2. The highest BCUT2D eigenvalue weighted by atomic mass is 16.5. The predicted octanol–water partition coefficient (Wildman–Crippen LogP) is 1.69. The van der Waals surface area contributed by atoms with E-state index in [4.69, 9.17) is 10.5 Å². The van der Waals surface area contributed by atoms with E-state index >= 15 is 0 Å². The summed E-state index contributed by atoms with van der Waals surface area (Å²) in [5, 5.41) is 5.89. The molecule has 0 saturated heterocycles. The molecule has 0 aliphatic heterocycles. The molecule has 1 unspecified atom stereocenters. The number of aliphatic imine (C=N–C) groups is 1. The van der Waals surface area contributed by atoms with Crippen molar-refractivity contribution in [3.63, 3.8) is 0 Å². The maximum Gasteiger partial charge on any atom is 0.407 e. The predicted molar refractivity (Wildman–Crippen MR) is 95.8 cm³/mol. The Morgan fingerprint density at radius 3 is 2.83 bits per heavy atom. The van der Waals surface area contributed by atoms with Gasteiger partial charge >= 0.3 is 6.09 Å². The molecule has 0 fully saturated rings. The maximum absolute atomic E-state index is 11.6. The first kappa shape index (κ1) is 19.7. The van der Waals surface area contributed by atoms with Gasteiger partial charge in [0.25, 0.3) is 0 Å². The first-order chi connectivity index (χ1) is 11.5. The third kappa shape index (κ3) is 8.97. The second kappa shape index (κ2) is 11.3. The number of guanidine groups is 1. The quantitative estimate of drug-likeness (QED) is 0.471. The molecule has 1 rings (SSSR count). The summed E-state index contributed by atoms with van der Waals surface area (Å²) in [5.41, 5.74) is 6.88. The van der Waals surface area contributed by atoms with Crippen LogP contribution < -0.4 is 16.4 Å². The number of hydrogen-bond acceptors (Lipinski definition) is 4. The van der Waals surface area contributed by atoms with Crippen molar-refractivity contribution in [2.75, 3.05) is 19.7 Å². The van der Waals surface area contributed by atoms with Crippen molar-refractivity contribution >= 4 is 12.1 Å². The number of nitrogens with one attached hydrogen (secondary N) is 2. The smallest absolute Gasteiger partial charge is 0.407 e. The van der Waals surface area contributed by atoms with Crippen molar-refractivity contribution in [2.24, 2.45) is 16.6 Å². The topological polar surface area (TPSA) is 102 Å². The molecule has 24 heavy (non-hydrogen) atoms. The lowest BCUT2D eigenvalue weighted by molar-refractivity contribution is 0.147. The Bertz CT molecular complexity index is 505. The Morgan fingerprint density at radius 1 is 1.42 bits per heavy atom. The van der Waals surface area contributed by atoms with Gasteiger partial charge in [-0.1, -0.05) is 19.9 Å². The number of pyridine rings is 1. The van der Waals surface area contributed by atoms with Crippen LogP contribution in [-0.4, -0.2) is 42.8 Å². The fourth-order valence-corrected chi connectivity index (χ4v) is 2.22. The molecule has 7 heteroatoms. The van der Waals surface area contributed by atoms with E-state index in [9.17, 15) is 4.79 Å². The number of carbonyl (C=O) groups excluding carboxylic acids is 1. The van der Waals surface area contributed by atoms with Crippen LogP contribution in [0.2, 0.25) is 0 Å². The van der Waals surface area contributed by atoms with Gasteiger partial charge in [0.15, 0.2) is 5.96 Å². The highest BCUT2D eigenvalue weighted by molar-refractivity contribution is 5.77. The van der Waals surface area contributed by atoms with Crippen LogP contribution in [0.15, 0.2) is 29.4 Å². The van der Waals surface area contributed by atoms with Crippen molar-refractivity contribution in [2.45, 2.75) is 39.7 Å². The first-order valence-corrected chi connectivity index (χ1v) is 8.38. The molecule has 0 saturated carbocycles. The van der Waals surface area contributed by atoms with Crippen molar-refractivity contribution < 1.29 is 9.53 Å². The molecule has 1 heterocycles. The molecule has 1 aromatic heterocycles. The molecule has 4 N–H and O–H groups in total. The number of rotatable bonds is 9. The monoisotopic (exact) mass is 335 g/mol. The average molecular weight is 335 g/mol. The van der Waals surface area contributed by atoms with Crippen LogP contribution in [0.25, 0.3) is 0 Å². The van der Waals surface area contributed by atoms with Gasteiger partial charge < -0.3 is 21.1 Å². The molecular weight excluding hydrogens is 306 g/mol. The summed E-state index contributed by atoms with van der Waals surface area (Å²) in [4.78, 5) is 20.1. The van der Waals surface area contributed by atoms with E-state index in [1.807, 2.05) is 18.2 Å². The summed E-state index contributed by atoms with van der Waals surface area (Å²) in [6.07, 6.45) is 2.93. The fraction of sp³-hybridized carbons (Fsp3) is 0.588. The number of nitrogens with two attached hydrogens (primary N) is 1. The number of amides is 1. The van der Waals surface area contributed by atoms with Gasteiger partial charge in [-0.05, 0) is 31.4 Å². The Balaban J connectivity index is 2.40. The summed E-state index contributed by atoms with van der Waals surface area (Å²) in [6.45, 7) is 7.39. The number of aromatic nitrogens is 1. The van der Waals surface area contributed by atoms with E-state index in [0.717, 1.165) is 18.5 Å². The third-order valence-corrected chi connectivity index (χ3v) is 3.25. The largest absolute Gasteiger partial charge is 0.450 e. The molecule has 1 atom stereocenters. The van der Waals surface area contributed by atoms with Crippen LogP contribution >= 0.6 is 0 Å². The van der Waals surface area contributed by atoms with Crippen molar-refractivity contribution in [1.29, 1.82) is 0 Å². The van der Waals surface area contributed by atoms with Gasteiger partial charge in [-0.3, -0.25) is 9.98 Å². The Kier molecular flexibility index (Phi) is 9.26. The van der Waals surface area contributed by atoms with Gasteiger partial charge in [0.1, 0.15) is 0 Å². The molecule has 0 aliphatic carbocycles. The maximum atomic E-state index is 11.6. The van der Waals surface area contributed by atoms with Crippen LogP contribution in [0, 0.1) is 5.92 Å². The lowest BCUT2D eigenvalue weighted by atomic mass is 10.0. The van der Waals surface area contributed by atoms with Gasteiger partial charge in [0.05, 0.1) is 19.2 Å². The zero-order valence-corrected chi connectivity index (χ0v) is 14.8. The zero-order valence-electron chi connectivity index (χ0n) is 14.8. The van der Waals surface area contributed by atoms with Crippen LogP contribution in [0.1, 0.15) is 32.9 Å². The van der Waals surface area contributed by atoms with Gasteiger partial charge in [0.2, 0.25) is 0 Å². The van der Waals surface area contributed by atoms with Crippen molar-refractivity contribution in [3.05, 3.63) is 30.1 Å². The van der Waals surface area contributed by atoms with E-state index in [-0.39, 0.29) is 6.04 Å². The molecule has 1 amide bonds. The molecule has 0 spiro atoms. The summed E-state index contributed by atoms with van der Waals surface area (Å²) in [7, 11) is 0. The number of alkyl carbamates (subject to hydrolysis) is 1. The Morgan fingerprint density at radius 2 is 2.21 bits per heavy atom. The summed E-state index contributed by atoms with van der Waals surface area (Å²) < 4.78 is 4.92. The van der Waals surface area contributed by atoms with Crippen LogP contribution in [-0.2, 0) is 11.2 Å². The first-order valence-electron chi connectivity index (χ1n) is 8.38. The van der Waals surface area contributed by atoms with Gasteiger partial charge in [-0.25, -0.2) is 4.79 Å². The lowest BCUT2D eigenvalue weighted by Crippen LogP contribution is -2.40. The average Bonchev–Trinajstić information content (AvgIpc) is 2.53. The minimum atomic E-state index is -0.417. The van der Waals surface area contributed by atoms with E-state index < -0.39 is 6.09 Å². The number of ether oxygens (including phenoxy) is 1. The molecule has 7 nitrogen and oxygen atoms in total. The fourth-order valence-electron chi connectivity index (χ4n) is 2.22. The SMILES string of the molecule is CCOC(=O)NC(CN=C(N)NCCc1ccccn1)CC(C)C. The minimum absolute atomic E-state index is 0.0970. The van der Waals surface area contributed by atoms with Crippen molar-refractivity contribution in [3.8, 4) is 0 Å². The Labute approximate surface area is 144 Å². The minimum Gasteiger partial charge on any atom is -0.450 e. The van der Waals surface area contributed by atoms with E-state index in [2.05, 4.69) is 34.5 Å². The van der Waals surface area contributed by atoms with Gasteiger partial charge in [-0.2, -0.15) is 0 Å². The zero-order chi connectivity index (χ0) is 17.8. The summed E-state index contributed by atoms with van der Waals surface area (Å²) in [5.74, 6) is 0.802. The van der Waals surface area contributed by atoms with Crippen LogP contribution in [0.4, 0.5) is 4.79 Å². The number of carbonyl (C=O) groups is 1. The van der Waals surface area contributed by atoms with Crippen molar-refractivity contribution in [1.82, 2.24) is 15.6 Å². The Hall–Kier alpha value is -2.31. The second-order valence-electron chi connectivity index (χ2n) is 5.92. The van der Waals surface area contributed by atoms with E-state index in [0.29, 0.717) is 31.6 Å². The highest BCUT2D eigenvalue weighted by Gasteiger charge is 2.14. The van der Waals surface area contributed by atoms with Gasteiger partial charge in [-0.15, -0.1) is 0 Å². The molecule has 134 valence electrons. The van der Waals surface area contributed by atoms with E-state index in [1.165, 1.54) is 0 Å². The van der Waals surface area contributed by atoms with Gasteiger partial charge in [0, 0.05) is 24.9 Å². The molecule has 0 aliphatic rings. The van der Waals surface area contributed by atoms with E-state index in [1.54, 1.807) is 13.1 Å². The summed E-state index contributed by atoms with van der Waals surface area (Å²) in [6, 6.07) is 5.71. The number of hydrogen-bond donors (Lipinski definition) is 3. The summed E-state index contributed by atoms with van der Waals surface area (Å²) >= 11 is 0. The molecule has 0 aromatic carbocycles. The third-order valence-electron chi connectivity index (χ3n) is 3.25. The highest BCUT2D eigenvalue weighted by Crippen LogP contribution is 2.05. The normalized spacial score (nSPS) is 12.8. The molecule has 0 bridgehead atoms. The standard InChI is InChI=1S/C17H29N5O2/c1-4-24-17(23)22-15(11-13(2)3)12-21-16(18)20-10-8-14-7-5-6-9-19-14/h5-7,9,13,15H,4,8,10-12H2,1-3H3,(H,22,23)(H3,18,20,21). The second-order valence-corrected chi connectivity index (χ2v) is 5.92. The van der Waals surface area contributed by atoms with Crippen LogP contribution in [0.5, 0.6) is 0 Å². The number of nitrogens with zero attached hydrogens (tertiary/aromatic N) is 2. The molecule has 1 aromatic rings.